The van der Waals surface area contributed by atoms with Crippen molar-refractivity contribution in [2.24, 2.45) is 0 Å². The Kier molecular flexibility index (Phi) is 10.3. The van der Waals surface area contributed by atoms with E-state index in [1.807, 2.05) is 0 Å². The zero-order chi connectivity index (χ0) is 28.5. The van der Waals surface area contributed by atoms with E-state index < -0.39 is 53.5 Å². The van der Waals surface area contributed by atoms with Crippen LogP contribution in [0.3, 0.4) is 0 Å². The second-order valence-corrected chi connectivity index (χ2v) is 9.04. The van der Waals surface area contributed by atoms with Crippen LogP contribution in [0, 0.1) is 0 Å². The number of hydrogen-bond donors (Lipinski definition) is 1. The molecule has 0 aliphatic rings. The number of Topliss-reactive ketones (excluding diaryl/α,β-unsaturated/α-hetero) is 1. The largest absolute Gasteiger partial charge is 0.492 e. The van der Waals surface area contributed by atoms with Crippen molar-refractivity contribution < 1.29 is 28.6 Å². The standard InChI is InChI=1S/C26H25Cl2N3O8/c1-37-22(34)14-31-25(35)23(24(29)30(26(31)36)13-16-6-3-2-4-7-16)19(32)15-39-21(33)8-5-11-38-20-10-9-17(27)12-18(20)28/h2-4,6-7,9-10,12H,5,8,11,13-15,29H2,1H3. The SMILES string of the molecule is COC(=O)Cn1c(=O)c(C(=O)COC(=O)CCCOc2ccc(Cl)cc2Cl)c(N)n(Cc2ccccc2)c1=O. The molecule has 3 aromatic rings. The van der Waals surface area contributed by atoms with Gasteiger partial charge in [-0.15, -0.1) is 0 Å². The molecule has 13 heteroatoms. The number of hydrogen-bond acceptors (Lipinski definition) is 9. The average molecular weight is 578 g/mol. The summed E-state index contributed by atoms with van der Waals surface area (Å²) < 4.78 is 16.6. The third-order valence-corrected chi connectivity index (χ3v) is 6.02. The number of rotatable bonds is 12. The van der Waals surface area contributed by atoms with E-state index >= 15 is 0 Å². The number of esters is 2. The van der Waals surface area contributed by atoms with E-state index in [4.69, 9.17) is 38.4 Å². The van der Waals surface area contributed by atoms with Crippen molar-refractivity contribution >= 4 is 46.7 Å². The molecule has 0 aliphatic heterocycles. The van der Waals surface area contributed by atoms with E-state index in [-0.39, 0.29) is 26.0 Å². The Balaban J connectivity index is 1.71. The van der Waals surface area contributed by atoms with E-state index in [2.05, 4.69) is 4.74 Å². The third-order valence-electron chi connectivity index (χ3n) is 5.49. The van der Waals surface area contributed by atoms with Gasteiger partial charge in [0.15, 0.2) is 6.61 Å². The Morgan fingerprint density at radius 1 is 0.974 bits per heavy atom. The molecule has 0 atom stereocenters. The number of benzene rings is 2. The quantitative estimate of drug-likeness (QED) is 0.195. The summed E-state index contributed by atoms with van der Waals surface area (Å²) in [6, 6.07) is 13.4. The lowest BCUT2D eigenvalue weighted by molar-refractivity contribution is -0.143. The first-order chi connectivity index (χ1) is 18.6. The van der Waals surface area contributed by atoms with Crippen molar-refractivity contribution in [3.05, 3.63) is 90.5 Å². The Morgan fingerprint density at radius 2 is 1.69 bits per heavy atom. The maximum atomic E-state index is 13.0. The number of halogens is 2. The first kappa shape index (κ1) is 29.5. The average Bonchev–Trinajstić information content (AvgIpc) is 2.91. The predicted octanol–water partition coefficient (Wildman–Crippen LogP) is 2.71. The van der Waals surface area contributed by atoms with Crippen LogP contribution in [0.15, 0.2) is 58.1 Å². The van der Waals surface area contributed by atoms with Crippen molar-refractivity contribution in [1.29, 1.82) is 0 Å². The number of nitrogen functional groups attached to an aromatic ring is 1. The molecule has 0 spiro atoms. The minimum Gasteiger partial charge on any atom is -0.492 e. The number of ketones is 1. The van der Waals surface area contributed by atoms with E-state index in [0.29, 0.717) is 25.9 Å². The number of carbonyl (C=O) groups is 3. The Hall–Kier alpha value is -4.09. The molecule has 0 saturated heterocycles. The van der Waals surface area contributed by atoms with Gasteiger partial charge < -0.3 is 19.9 Å². The normalized spacial score (nSPS) is 10.6. The smallest absolute Gasteiger partial charge is 0.333 e. The van der Waals surface area contributed by atoms with Crippen LogP contribution in [0.2, 0.25) is 10.0 Å². The first-order valence-corrected chi connectivity index (χ1v) is 12.4. The van der Waals surface area contributed by atoms with Gasteiger partial charge in [0.2, 0.25) is 5.78 Å². The highest BCUT2D eigenvalue weighted by molar-refractivity contribution is 6.35. The van der Waals surface area contributed by atoms with Gasteiger partial charge in [0, 0.05) is 11.4 Å². The van der Waals surface area contributed by atoms with Crippen LogP contribution in [0.4, 0.5) is 5.82 Å². The first-order valence-electron chi connectivity index (χ1n) is 11.6. The zero-order valence-electron chi connectivity index (χ0n) is 20.9. The Labute approximate surface area is 232 Å². The van der Waals surface area contributed by atoms with E-state index in [9.17, 15) is 24.0 Å². The van der Waals surface area contributed by atoms with Gasteiger partial charge in [0.05, 0.1) is 25.3 Å². The highest BCUT2D eigenvalue weighted by Crippen LogP contribution is 2.27. The third kappa shape index (κ3) is 7.71. The molecule has 1 heterocycles. The van der Waals surface area contributed by atoms with Gasteiger partial charge in [0.1, 0.15) is 23.7 Å². The van der Waals surface area contributed by atoms with Crippen molar-refractivity contribution in [3.8, 4) is 5.75 Å². The molecule has 0 amide bonds. The summed E-state index contributed by atoms with van der Waals surface area (Å²) in [7, 11) is 1.09. The number of nitrogens with zero attached hydrogens (tertiary/aromatic N) is 2. The molecule has 2 N–H and O–H groups in total. The van der Waals surface area contributed by atoms with Crippen LogP contribution in [-0.2, 0) is 32.2 Å². The molecule has 11 nitrogen and oxygen atoms in total. The monoisotopic (exact) mass is 577 g/mol. The minimum atomic E-state index is -1.10. The van der Waals surface area contributed by atoms with Crippen LogP contribution in [0.5, 0.6) is 5.75 Å². The lowest BCUT2D eigenvalue weighted by Gasteiger charge is -2.16. The molecule has 39 heavy (non-hydrogen) atoms. The van der Waals surface area contributed by atoms with Crippen LogP contribution < -0.4 is 21.7 Å². The van der Waals surface area contributed by atoms with Gasteiger partial charge >= 0.3 is 17.6 Å². The molecule has 3 rings (SSSR count). The molecule has 0 bridgehead atoms. The molecule has 206 valence electrons. The van der Waals surface area contributed by atoms with E-state index in [0.717, 1.165) is 11.7 Å². The molecular weight excluding hydrogens is 553 g/mol. The number of methoxy groups -OCH3 is 1. The summed E-state index contributed by atoms with van der Waals surface area (Å²) in [5.74, 6) is -2.55. The second kappa shape index (κ2) is 13.6. The van der Waals surface area contributed by atoms with Gasteiger partial charge in [-0.2, -0.15) is 0 Å². The van der Waals surface area contributed by atoms with Gasteiger partial charge in [-0.3, -0.25) is 23.7 Å². The highest BCUT2D eigenvalue weighted by atomic mass is 35.5. The second-order valence-electron chi connectivity index (χ2n) is 8.19. The Bertz CT molecular complexity index is 1480. The van der Waals surface area contributed by atoms with Gasteiger partial charge in [-0.25, -0.2) is 9.36 Å². The molecule has 0 saturated carbocycles. The minimum absolute atomic E-state index is 0.0787. The topological polar surface area (TPSA) is 149 Å². The van der Waals surface area contributed by atoms with E-state index in [1.165, 1.54) is 6.07 Å². The number of aromatic nitrogens is 2. The van der Waals surface area contributed by atoms with Crippen molar-refractivity contribution in [3.63, 3.8) is 0 Å². The molecule has 2 aromatic carbocycles. The summed E-state index contributed by atoms with van der Waals surface area (Å²) in [5, 5.41) is 0.772. The fourth-order valence-electron chi connectivity index (χ4n) is 3.51. The summed E-state index contributed by atoms with van der Waals surface area (Å²) in [4.78, 5) is 63.0. The summed E-state index contributed by atoms with van der Waals surface area (Å²) >= 11 is 11.9. The molecule has 0 aliphatic carbocycles. The van der Waals surface area contributed by atoms with Crippen molar-refractivity contribution in [2.45, 2.75) is 25.9 Å². The lowest BCUT2D eigenvalue weighted by Crippen LogP contribution is -2.46. The fourth-order valence-corrected chi connectivity index (χ4v) is 3.97. The maximum absolute atomic E-state index is 13.0. The number of anilines is 1. The van der Waals surface area contributed by atoms with Crippen LogP contribution in [-0.4, -0.2) is 47.2 Å². The van der Waals surface area contributed by atoms with Crippen LogP contribution >= 0.6 is 23.2 Å². The Morgan fingerprint density at radius 3 is 2.36 bits per heavy atom. The fraction of sp³-hybridized carbons (Fsp3) is 0.269. The zero-order valence-corrected chi connectivity index (χ0v) is 22.4. The lowest BCUT2D eigenvalue weighted by atomic mass is 10.1. The number of carbonyl (C=O) groups excluding carboxylic acids is 3. The molecule has 0 radical (unpaired) electrons. The summed E-state index contributed by atoms with van der Waals surface area (Å²) in [6.07, 6.45) is 0.163. The van der Waals surface area contributed by atoms with E-state index in [1.54, 1.807) is 42.5 Å². The molecular formula is C26H25Cl2N3O8. The van der Waals surface area contributed by atoms with Gasteiger partial charge in [-0.05, 0) is 30.2 Å². The summed E-state index contributed by atoms with van der Waals surface area (Å²) in [5.41, 5.74) is 4.16. The van der Waals surface area contributed by atoms with Crippen LogP contribution in [0.1, 0.15) is 28.8 Å². The van der Waals surface area contributed by atoms with Crippen LogP contribution in [0.25, 0.3) is 0 Å². The maximum Gasteiger partial charge on any atom is 0.333 e. The molecule has 1 aromatic heterocycles. The molecule has 0 unspecified atom stereocenters. The number of nitrogens with two attached hydrogens (primary N) is 1. The number of ether oxygens (including phenoxy) is 3. The van der Waals surface area contributed by atoms with Gasteiger partial charge in [-0.1, -0.05) is 53.5 Å². The predicted molar refractivity (Wildman–Crippen MR) is 143 cm³/mol. The summed E-state index contributed by atoms with van der Waals surface area (Å²) in [6.45, 7) is -1.48. The van der Waals surface area contributed by atoms with Crippen molar-refractivity contribution in [2.75, 3.05) is 26.1 Å². The molecule has 0 fully saturated rings. The van der Waals surface area contributed by atoms with Gasteiger partial charge in [0.25, 0.3) is 5.56 Å². The van der Waals surface area contributed by atoms with Crippen molar-refractivity contribution in [1.82, 2.24) is 9.13 Å². The highest BCUT2D eigenvalue weighted by Gasteiger charge is 2.25.